The van der Waals surface area contributed by atoms with Crippen LogP contribution in [0, 0.1) is 10.4 Å². The van der Waals surface area contributed by atoms with Crippen LogP contribution in [-0.4, -0.2) is 33.4 Å². The lowest BCUT2D eigenvalue weighted by molar-refractivity contribution is -0.643. The Bertz CT molecular complexity index is 1220. The number of fused-ring (bicyclic) bond motifs is 4. The molecule has 0 bridgehead atoms. The SMILES string of the molecule is Nc1nc2cc3c(cc2[n+]([O-])n1)CCO3.[O-][n+]1nc(Cl)nc2cc3c(cc21)CCO3. The fourth-order valence-corrected chi connectivity index (χ4v) is 3.59. The third kappa shape index (κ3) is 3.18. The Balaban J connectivity index is 0.000000128. The third-order valence-electron chi connectivity index (χ3n) is 4.80. The summed E-state index contributed by atoms with van der Waals surface area (Å²) in [6.07, 6.45) is 1.63. The maximum absolute atomic E-state index is 11.4. The second kappa shape index (κ2) is 6.95. The van der Waals surface area contributed by atoms with Crippen LogP contribution in [0.5, 0.6) is 11.5 Å². The zero-order chi connectivity index (χ0) is 20.8. The summed E-state index contributed by atoms with van der Waals surface area (Å²) in [6, 6.07) is 6.95. The molecule has 2 N–H and O–H groups in total. The van der Waals surface area contributed by atoms with Crippen LogP contribution in [0.4, 0.5) is 5.95 Å². The van der Waals surface area contributed by atoms with Gasteiger partial charge in [-0.15, -0.1) is 0 Å². The van der Waals surface area contributed by atoms with E-state index in [1.807, 2.05) is 0 Å². The number of nitrogens with two attached hydrogens (primary N) is 1. The minimum Gasteiger partial charge on any atom is -0.594 e. The van der Waals surface area contributed by atoms with Gasteiger partial charge in [0, 0.05) is 53.3 Å². The van der Waals surface area contributed by atoms with E-state index >= 15 is 0 Å². The van der Waals surface area contributed by atoms with Crippen molar-refractivity contribution in [2.45, 2.75) is 12.8 Å². The van der Waals surface area contributed by atoms with Crippen LogP contribution >= 0.6 is 11.6 Å². The van der Waals surface area contributed by atoms with E-state index in [2.05, 4.69) is 20.2 Å². The standard InChI is InChI=1S/C9H6ClN3O2.C9H8N4O2/c2*10-9-11-6-4-8-5(1-2-15-8)3-7(6)13(14)12-9/h3-4H,1-2H2;3-4H,1-2H2,(H2,10,11,12). The molecule has 12 heteroatoms. The van der Waals surface area contributed by atoms with Crippen molar-refractivity contribution in [1.29, 1.82) is 0 Å². The van der Waals surface area contributed by atoms with E-state index in [-0.39, 0.29) is 11.2 Å². The first-order chi connectivity index (χ1) is 14.5. The second-order valence-corrected chi connectivity index (χ2v) is 7.03. The van der Waals surface area contributed by atoms with Gasteiger partial charge in [-0.25, -0.2) is 9.97 Å². The van der Waals surface area contributed by atoms with Crippen molar-refractivity contribution in [2.75, 3.05) is 18.9 Å². The fourth-order valence-electron chi connectivity index (χ4n) is 3.43. The molecule has 0 unspecified atom stereocenters. The first-order valence-corrected chi connectivity index (χ1v) is 9.41. The predicted octanol–water partition coefficient (Wildman–Crippen LogP) is 0.632. The van der Waals surface area contributed by atoms with Gasteiger partial charge in [-0.2, -0.15) is 0 Å². The molecule has 0 atom stereocenters. The minimum atomic E-state index is -0.0598. The molecule has 0 saturated carbocycles. The van der Waals surface area contributed by atoms with Gasteiger partial charge in [-0.3, -0.25) is 0 Å². The van der Waals surface area contributed by atoms with Gasteiger partial charge in [0.2, 0.25) is 0 Å². The number of benzene rings is 2. The van der Waals surface area contributed by atoms with Crippen LogP contribution in [0.3, 0.4) is 0 Å². The fraction of sp³-hybridized carbons (Fsp3) is 0.222. The van der Waals surface area contributed by atoms with Crippen LogP contribution < -0.4 is 24.9 Å². The van der Waals surface area contributed by atoms with Crippen molar-refractivity contribution in [3.63, 3.8) is 0 Å². The maximum Gasteiger partial charge on any atom is 0.290 e. The number of ether oxygens (including phenoxy) is 2. The number of rotatable bonds is 0. The zero-order valence-electron chi connectivity index (χ0n) is 15.4. The van der Waals surface area contributed by atoms with E-state index in [0.717, 1.165) is 35.5 Å². The average Bonchev–Trinajstić information content (AvgIpc) is 3.33. The minimum absolute atomic E-state index is 0.0320. The number of nitrogen functional groups attached to an aromatic ring is 1. The topological polar surface area (TPSA) is 150 Å². The summed E-state index contributed by atoms with van der Waals surface area (Å²) in [5.41, 5.74) is 9.27. The molecular weight excluding hydrogens is 414 g/mol. The molecule has 152 valence electrons. The highest BCUT2D eigenvalue weighted by atomic mass is 35.5. The summed E-state index contributed by atoms with van der Waals surface area (Å²) in [6.45, 7) is 1.29. The van der Waals surface area contributed by atoms with E-state index in [1.165, 1.54) is 0 Å². The van der Waals surface area contributed by atoms with Gasteiger partial charge in [0.1, 0.15) is 22.5 Å². The van der Waals surface area contributed by atoms with E-state index in [4.69, 9.17) is 26.8 Å². The molecule has 4 aromatic rings. The molecule has 0 fully saturated rings. The summed E-state index contributed by atoms with van der Waals surface area (Å²) in [5, 5.41) is 29.8. The Morgan fingerprint density at radius 3 is 1.97 bits per heavy atom. The van der Waals surface area contributed by atoms with Crippen molar-refractivity contribution in [2.24, 2.45) is 0 Å². The van der Waals surface area contributed by atoms with Crippen LogP contribution in [0.25, 0.3) is 22.1 Å². The van der Waals surface area contributed by atoms with Crippen LogP contribution in [0.2, 0.25) is 5.28 Å². The monoisotopic (exact) mass is 427 g/mol. The van der Waals surface area contributed by atoms with E-state index < -0.39 is 0 Å². The lowest BCUT2D eigenvalue weighted by atomic mass is 10.1. The number of halogens is 1. The molecule has 2 aliphatic rings. The van der Waals surface area contributed by atoms with Gasteiger partial charge in [-0.1, -0.05) is 0 Å². The predicted molar refractivity (Wildman–Crippen MR) is 105 cm³/mol. The summed E-state index contributed by atoms with van der Waals surface area (Å²) in [5.74, 6) is 1.52. The first-order valence-electron chi connectivity index (χ1n) is 9.03. The lowest BCUT2D eigenvalue weighted by Gasteiger charge is -2.02. The smallest absolute Gasteiger partial charge is 0.290 e. The number of hydrogen-bond acceptors (Lipinski definition) is 9. The van der Waals surface area contributed by atoms with Crippen LogP contribution in [0.1, 0.15) is 11.1 Å². The second-order valence-electron chi connectivity index (χ2n) is 6.69. The van der Waals surface area contributed by atoms with Gasteiger partial charge >= 0.3 is 0 Å². The van der Waals surface area contributed by atoms with Crippen LogP contribution in [-0.2, 0) is 12.8 Å². The third-order valence-corrected chi connectivity index (χ3v) is 4.96. The lowest BCUT2D eigenvalue weighted by Crippen LogP contribution is -2.33. The zero-order valence-corrected chi connectivity index (χ0v) is 16.2. The molecule has 2 aromatic carbocycles. The summed E-state index contributed by atoms with van der Waals surface area (Å²) in [4.78, 5) is 8.93. The van der Waals surface area contributed by atoms with Gasteiger partial charge in [0.15, 0.2) is 0 Å². The molecule has 11 nitrogen and oxygen atoms in total. The van der Waals surface area contributed by atoms with Crippen molar-refractivity contribution in [3.8, 4) is 11.5 Å². The molecule has 2 aliphatic heterocycles. The van der Waals surface area contributed by atoms with Crippen molar-refractivity contribution in [3.05, 3.63) is 51.1 Å². The van der Waals surface area contributed by atoms with Crippen molar-refractivity contribution >= 4 is 39.6 Å². The summed E-state index contributed by atoms with van der Waals surface area (Å²) in [7, 11) is 0. The highest BCUT2D eigenvalue weighted by Gasteiger charge is 2.19. The molecule has 6 rings (SSSR count). The van der Waals surface area contributed by atoms with Gasteiger partial charge < -0.3 is 25.6 Å². The molecule has 4 heterocycles. The van der Waals surface area contributed by atoms with Gasteiger partial charge in [0.05, 0.1) is 18.3 Å². The number of anilines is 1. The quantitative estimate of drug-likeness (QED) is 0.314. The van der Waals surface area contributed by atoms with E-state index in [1.54, 1.807) is 24.3 Å². The number of hydrogen-bond donors (Lipinski definition) is 1. The normalized spacial score (nSPS) is 13.9. The largest absolute Gasteiger partial charge is 0.594 e. The molecule has 0 spiro atoms. The molecule has 0 saturated heterocycles. The first kappa shape index (κ1) is 18.3. The Morgan fingerprint density at radius 2 is 1.37 bits per heavy atom. The highest BCUT2D eigenvalue weighted by Crippen LogP contribution is 2.29. The highest BCUT2D eigenvalue weighted by molar-refractivity contribution is 6.28. The molecule has 0 amide bonds. The Labute approximate surface area is 173 Å². The molecule has 0 radical (unpaired) electrons. The number of aromatic nitrogens is 6. The Kier molecular flexibility index (Phi) is 4.24. The molecule has 2 aromatic heterocycles. The van der Waals surface area contributed by atoms with E-state index in [0.29, 0.717) is 45.0 Å². The number of nitrogens with zero attached hydrogens (tertiary/aromatic N) is 6. The maximum atomic E-state index is 11.4. The molecule has 30 heavy (non-hydrogen) atoms. The average molecular weight is 428 g/mol. The van der Waals surface area contributed by atoms with Crippen molar-refractivity contribution < 1.29 is 19.2 Å². The van der Waals surface area contributed by atoms with Crippen LogP contribution in [0.15, 0.2) is 24.3 Å². The summed E-state index contributed by atoms with van der Waals surface area (Å²) >= 11 is 5.59. The Morgan fingerprint density at radius 1 is 0.833 bits per heavy atom. The van der Waals surface area contributed by atoms with Gasteiger partial charge in [0.25, 0.3) is 22.3 Å². The molecular formula is C18H14ClN7O4. The van der Waals surface area contributed by atoms with Crippen molar-refractivity contribution in [1.82, 2.24) is 20.2 Å². The Hall–Kier alpha value is -3.73. The molecule has 0 aliphatic carbocycles. The van der Waals surface area contributed by atoms with Gasteiger partial charge in [-0.05, 0) is 21.3 Å². The summed E-state index contributed by atoms with van der Waals surface area (Å²) < 4.78 is 10.7. The van der Waals surface area contributed by atoms with E-state index in [9.17, 15) is 10.4 Å².